The number of hydrogen-bond acceptors (Lipinski definition) is 5. The number of anilines is 1. The third-order valence-corrected chi connectivity index (χ3v) is 8.34. The second-order valence-electron chi connectivity index (χ2n) is 9.20. The van der Waals surface area contributed by atoms with Gasteiger partial charge in [-0.1, -0.05) is 47.5 Å². The van der Waals surface area contributed by atoms with E-state index >= 15 is 0 Å². The Morgan fingerprint density at radius 3 is 2.36 bits per heavy atom. The van der Waals surface area contributed by atoms with Crippen molar-refractivity contribution >= 4 is 39.1 Å². The number of methoxy groups -OCH3 is 1. The molecular formula is C29H34ClN3O5S. The largest absolute Gasteiger partial charge is 0.497 e. The molecule has 0 aliphatic heterocycles. The Balaban J connectivity index is 2.08. The predicted octanol–water partition coefficient (Wildman–Crippen LogP) is 4.71. The standard InChI is InChI=1S/C29H34ClN3O5S/c1-6-31-29(35)22(4)32(18-23-8-7-9-25(16-23)38-5)28(34)19-33(27-17-24(30)13-12-21(27)3)39(36,37)26-14-10-20(2)11-15-26/h7-17,22H,6,18-19H2,1-5H3,(H,31,35)/t22-/m0/s1. The molecule has 0 radical (unpaired) electrons. The number of sulfonamides is 1. The zero-order valence-corrected chi connectivity index (χ0v) is 24.3. The third-order valence-electron chi connectivity index (χ3n) is 6.33. The number of rotatable bonds is 11. The van der Waals surface area contributed by atoms with Crippen LogP contribution in [0.3, 0.4) is 0 Å². The molecule has 0 spiro atoms. The molecule has 1 atom stereocenters. The van der Waals surface area contributed by atoms with Gasteiger partial charge in [0.05, 0.1) is 17.7 Å². The lowest BCUT2D eigenvalue weighted by Gasteiger charge is -2.32. The summed E-state index contributed by atoms with van der Waals surface area (Å²) >= 11 is 6.26. The minimum absolute atomic E-state index is 0.0383. The molecule has 0 heterocycles. The summed E-state index contributed by atoms with van der Waals surface area (Å²) in [5.41, 5.74) is 2.53. The van der Waals surface area contributed by atoms with E-state index < -0.39 is 28.5 Å². The highest BCUT2D eigenvalue weighted by Crippen LogP contribution is 2.30. The SMILES string of the molecule is CCNC(=O)[C@H](C)N(Cc1cccc(OC)c1)C(=O)CN(c1cc(Cl)ccc1C)S(=O)(=O)c1ccc(C)cc1. The molecule has 0 bridgehead atoms. The molecule has 8 nitrogen and oxygen atoms in total. The first-order valence-electron chi connectivity index (χ1n) is 12.5. The molecule has 208 valence electrons. The van der Waals surface area contributed by atoms with Crippen molar-refractivity contribution in [2.45, 2.75) is 45.2 Å². The fraction of sp³-hybridized carbons (Fsp3) is 0.310. The molecule has 0 aromatic heterocycles. The van der Waals surface area contributed by atoms with Crippen LogP contribution in [-0.2, 0) is 26.2 Å². The van der Waals surface area contributed by atoms with Gasteiger partial charge in [0.15, 0.2) is 0 Å². The summed E-state index contributed by atoms with van der Waals surface area (Å²) < 4.78 is 34.2. The minimum atomic E-state index is -4.17. The molecule has 10 heteroatoms. The summed E-state index contributed by atoms with van der Waals surface area (Å²) in [6.07, 6.45) is 0. The van der Waals surface area contributed by atoms with Crippen LogP contribution in [0, 0.1) is 13.8 Å². The van der Waals surface area contributed by atoms with E-state index in [0.717, 1.165) is 15.4 Å². The van der Waals surface area contributed by atoms with Crippen LogP contribution < -0.4 is 14.4 Å². The highest BCUT2D eigenvalue weighted by Gasteiger charge is 2.33. The van der Waals surface area contributed by atoms with Gasteiger partial charge >= 0.3 is 0 Å². The van der Waals surface area contributed by atoms with E-state index in [4.69, 9.17) is 16.3 Å². The van der Waals surface area contributed by atoms with Crippen molar-refractivity contribution in [2.75, 3.05) is 24.5 Å². The number of likely N-dealkylation sites (N-methyl/N-ethyl adjacent to an activating group) is 1. The van der Waals surface area contributed by atoms with Crippen LogP contribution in [0.5, 0.6) is 5.75 Å². The molecule has 2 amide bonds. The van der Waals surface area contributed by atoms with E-state index in [2.05, 4.69) is 5.32 Å². The Hall–Kier alpha value is -3.56. The van der Waals surface area contributed by atoms with Gasteiger partial charge in [-0.2, -0.15) is 0 Å². The number of aryl methyl sites for hydroxylation is 2. The maximum absolute atomic E-state index is 13.9. The molecule has 0 unspecified atom stereocenters. The average molecular weight is 572 g/mol. The Bertz CT molecular complexity index is 1430. The maximum Gasteiger partial charge on any atom is 0.264 e. The monoisotopic (exact) mass is 571 g/mol. The summed E-state index contributed by atoms with van der Waals surface area (Å²) in [6, 6.07) is 17.6. The summed E-state index contributed by atoms with van der Waals surface area (Å²) in [4.78, 5) is 28.2. The number of benzene rings is 3. The van der Waals surface area contributed by atoms with Gasteiger partial charge in [-0.05, 0) is 75.2 Å². The van der Waals surface area contributed by atoms with Crippen molar-refractivity contribution in [1.82, 2.24) is 10.2 Å². The predicted molar refractivity (Wildman–Crippen MR) is 154 cm³/mol. The van der Waals surface area contributed by atoms with E-state index in [1.165, 1.54) is 23.1 Å². The Morgan fingerprint density at radius 2 is 1.72 bits per heavy atom. The minimum Gasteiger partial charge on any atom is -0.497 e. The number of carbonyl (C=O) groups is 2. The van der Waals surface area contributed by atoms with E-state index in [0.29, 0.717) is 22.9 Å². The Kier molecular flexibility index (Phi) is 9.99. The second kappa shape index (κ2) is 13.0. The van der Waals surface area contributed by atoms with Crippen molar-refractivity contribution in [3.05, 3.63) is 88.4 Å². The van der Waals surface area contributed by atoms with Crippen molar-refractivity contribution in [1.29, 1.82) is 0 Å². The topological polar surface area (TPSA) is 96.0 Å². The van der Waals surface area contributed by atoms with E-state index in [1.807, 2.05) is 13.0 Å². The van der Waals surface area contributed by atoms with Gasteiger partial charge in [-0.15, -0.1) is 0 Å². The zero-order chi connectivity index (χ0) is 28.7. The molecule has 0 aliphatic carbocycles. The van der Waals surface area contributed by atoms with E-state index in [1.54, 1.807) is 70.3 Å². The molecule has 1 N–H and O–H groups in total. The van der Waals surface area contributed by atoms with Gasteiger partial charge in [-0.3, -0.25) is 13.9 Å². The fourth-order valence-corrected chi connectivity index (χ4v) is 5.71. The number of nitrogens with zero attached hydrogens (tertiary/aromatic N) is 2. The normalized spacial score (nSPS) is 11.9. The van der Waals surface area contributed by atoms with Crippen molar-refractivity contribution in [3.63, 3.8) is 0 Å². The van der Waals surface area contributed by atoms with Gasteiger partial charge < -0.3 is 15.0 Å². The molecule has 0 aliphatic rings. The number of hydrogen-bond donors (Lipinski definition) is 1. The lowest BCUT2D eigenvalue weighted by atomic mass is 10.1. The van der Waals surface area contributed by atoms with Crippen LogP contribution in [0.15, 0.2) is 71.6 Å². The van der Waals surface area contributed by atoms with Gasteiger partial charge in [0.1, 0.15) is 18.3 Å². The fourth-order valence-electron chi connectivity index (χ4n) is 4.07. The average Bonchev–Trinajstić information content (AvgIpc) is 2.91. The molecule has 3 aromatic rings. The van der Waals surface area contributed by atoms with Gasteiger partial charge in [0.25, 0.3) is 10.0 Å². The van der Waals surface area contributed by atoms with E-state index in [9.17, 15) is 18.0 Å². The van der Waals surface area contributed by atoms with Crippen molar-refractivity contribution in [3.8, 4) is 5.75 Å². The van der Waals surface area contributed by atoms with Gasteiger partial charge in [0.2, 0.25) is 11.8 Å². The van der Waals surface area contributed by atoms with Crippen molar-refractivity contribution < 1.29 is 22.7 Å². The molecule has 3 rings (SSSR count). The summed E-state index contributed by atoms with van der Waals surface area (Å²) in [6.45, 7) is 6.94. The van der Waals surface area contributed by atoms with Gasteiger partial charge in [0, 0.05) is 18.1 Å². The first-order valence-corrected chi connectivity index (χ1v) is 14.4. The number of ether oxygens (including phenoxy) is 1. The second-order valence-corrected chi connectivity index (χ2v) is 11.5. The number of halogens is 1. The van der Waals surface area contributed by atoms with Crippen LogP contribution in [0.1, 0.15) is 30.5 Å². The Labute approximate surface area is 235 Å². The van der Waals surface area contributed by atoms with Crippen LogP contribution in [0.25, 0.3) is 0 Å². The molecule has 39 heavy (non-hydrogen) atoms. The lowest BCUT2D eigenvalue weighted by Crippen LogP contribution is -2.51. The highest BCUT2D eigenvalue weighted by molar-refractivity contribution is 7.92. The molecule has 3 aromatic carbocycles. The van der Waals surface area contributed by atoms with Crippen LogP contribution >= 0.6 is 11.6 Å². The first-order chi connectivity index (χ1) is 18.5. The molecule has 0 saturated heterocycles. The van der Waals surface area contributed by atoms with Crippen molar-refractivity contribution in [2.24, 2.45) is 0 Å². The van der Waals surface area contributed by atoms with E-state index in [-0.39, 0.29) is 23.0 Å². The quantitative estimate of drug-likeness (QED) is 0.359. The lowest BCUT2D eigenvalue weighted by molar-refractivity contribution is -0.139. The van der Waals surface area contributed by atoms with Crippen LogP contribution in [-0.4, -0.2) is 51.4 Å². The summed E-state index contributed by atoms with van der Waals surface area (Å²) in [5.74, 6) is -0.295. The third kappa shape index (κ3) is 7.30. The molecular weight excluding hydrogens is 538 g/mol. The van der Waals surface area contributed by atoms with Gasteiger partial charge in [-0.25, -0.2) is 8.42 Å². The maximum atomic E-state index is 13.9. The summed E-state index contributed by atoms with van der Waals surface area (Å²) in [5, 5.41) is 3.07. The smallest absolute Gasteiger partial charge is 0.264 e. The number of carbonyl (C=O) groups excluding carboxylic acids is 2. The molecule has 0 fully saturated rings. The first kappa shape index (κ1) is 30.0. The van der Waals surface area contributed by atoms with Crippen LogP contribution in [0.4, 0.5) is 5.69 Å². The Morgan fingerprint density at radius 1 is 1.03 bits per heavy atom. The molecule has 0 saturated carbocycles. The summed E-state index contributed by atoms with van der Waals surface area (Å²) in [7, 11) is -2.63. The number of amides is 2. The number of nitrogens with one attached hydrogen (secondary N) is 1. The van der Waals surface area contributed by atoms with Crippen LogP contribution in [0.2, 0.25) is 5.02 Å². The highest BCUT2D eigenvalue weighted by atomic mass is 35.5. The zero-order valence-electron chi connectivity index (χ0n) is 22.8.